The van der Waals surface area contributed by atoms with Gasteiger partial charge in [-0.2, -0.15) is 0 Å². The molecule has 1 fully saturated rings. The lowest BCUT2D eigenvalue weighted by Crippen LogP contribution is -2.44. The molecule has 1 aliphatic rings. The molecule has 8 heteroatoms. The van der Waals surface area contributed by atoms with Crippen LogP contribution in [0.15, 0.2) is 24.4 Å². The predicted molar refractivity (Wildman–Crippen MR) is 89.4 cm³/mol. The van der Waals surface area contributed by atoms with E-state index in [1.54, 1.807) is 13.0 Å². The number of nitrogens with one attached hydrogen (secondary N) is 1. The van der Waals surface area contributed by atoms with Crippen LogP contribution in [-0.4, -0.2) is 48.7 Å². The van der Waals surface area contributed by atoms with E-state index in [-0.39, 0.29) is 12.3 Å². The molecule has 1 saturated heterocycles. The molecule has 1 aliphatic heterocycles. The molecule has 0 amide bonds. The number of ether oxygens (including phenoxy) is 1. The number of carbonyl (C=O) groups is 1. The molecule has 126 valence electrons. The summed E-state index contributed by atoms with van der Waals surface area (Å²) in [5.41, 5.74) is 1.59. The molecule has 0 atom stereocenters. The normalized spacial score (nSPS) is 14.6. The summed E-state index contributed by atoms with van der Waals surface area (Å²) in [5.74, 6) is -0.432. The van der Waals surface area contributed by atoms with Gasteiger partial charge in [-0.05, 0) is 13.0 Å². The minimum Gasteiger partial charge on any atom is -0.462 e. The van der Waals surface area contributed by atoms with Crippen molar-refractivity contribution >= 4 is 28.2 Å². The van der Waals surface area contributed by atoms with E-state index < -0.39 is 10.9 Å². The highest BCUT2D eigenvalue weighted by Gasteiger charge is 2.23. The van der Waals surface area contributed by atoms with E-state index in [9.17, 15) is 14.9 Å². The number of hydrogen-bond donors (Lipinski definition) is 1. The number of fused-ring (bicyclic) bond motifs is 1. The van der Waals surface area contributed by atoms with Crippen LogP contribution < -0.4 is 10.2 Å². The maximum atomic E-state index is 12.3. The Labute approximate surface area is 138 Å². The molecule has 0 bridgehead atoms. The maximum Gasteiger partial charge on any atom is 0.341 e. The van der Waals surface area contributed by atoms with E-state index in [0.29, 0.717) is 16.5 Å². The van der Waals surface area contributed by atoms with Gasteiger partial charge in [0.15, 0.2) is 0 Å². The summed E-state index contributed by atoms with van der Waals surface area (Å²) >= 11 is 0. The zero-order chi connectivity index (χ0) is 17.1. The lowest BCUT2D eigenvalue weighted by Gasteiger charge is -2.31. The molecule has 1 aromatic heterocycles. The first-order valence-electron chi connectivity index (χ1n) is 7.81. The molecule has 1 aromatic carbocycles. The second-order valence-electron chi connectivity index (χ2n) is 5.44. The zero-order valence-electron chi connectivity index (χ0n) is 13.3. The standard InChI is InChI=1S/C16H18N4O4/c1-2-24-16(21)13-10-18-14-9-11(20(22)23)3-4-12(14)15(13)19-7-5-17-6-8-19/h3-4,9-10,17H,2,5-8H2,1H3. The van der Waals surface area contributed by atoms with Gasteiger partial charge in [0.2, 0.25) is 0 Å². The van der Waals surface area contributed by atoms with Crippen molar-refractivity contribution in [1.29, 1.82) is 0 Å². The highest BCUT2D eigenvalue weighted by molar-refractivity contribution is 6.05. The number of nitrogens with zero attached hydrogens (tertiary/aromatic N) is 3. The summed E-state index contributed by atoms with van der Waals surface area (Å²) < 4.78 is 5.14. The van der Waals surface area contributed by atoms with E-state index in [1.807, 2.05) is 0 Å². The Morgan fingerprint density at radius 2 is 2.17 bits per heavy atom. The first-order valence-corrected chi connectivity index (χ1v) is 7.81. The van der Waals surface area contributed by atoms with Crippen LogP contribution in [0.25, 0.3) is 10.9 Å². The van der Waals surface area contributed by atoms with Gasteiger partial charge in [-0.25, -0.2) is 4.79 Å². The van der Waals surface area contributed by atoms with E-state index in [4.69, 9.17) is 4.74 Å². The average Bonchev–Trinajstić information content (AvgIpc) is 2.61. The number of nitro benzene ring substituents is 1. The van der Waals surface area contributed by atoms with Gasteiger partial charge in [0, 0.05) is 49.9 Å². The lowest BCUT2D eigenvalue weighted by atomic mass is 10.1. The van der Waals surface area contributed by atoms with Gasteiger partial charge in [0.05, 0.1) is 22.7 Å². The largest absolute Gasteiger partial charge is 0.462 e. The summed E-state index contributed by atoms with van der Waals surface area (Å²) in [7, 11) is 0. The highest BCUT2D eigenvalue weighted by Crippen LogP contribution is 2.32. The fourth-order valence-corrected chi connectivity index (χ4v) is 2.87. The second-order valence-corrected chi connectivity index (χ2v) is 5.44. The number of anilines is 1. The number of piperazine rings is 1. The van der Waals surface area contributed by atoms with Crippen LogP contribution in [0.2, 0.25) is 0 Å². The quantitative estimate of drug-likeness (QED) is 0.518. The predicted octanol–water partition coefficient (Wildman–Crippen LogP) is 1.73. The first kappa shape index (κ1) is 16.1. The maximum absolute atomic E-state index is 12.3. The molecular formula is C16H18N4O4. The lowest BCUT2D eigenvalue weighted by molar-refractivity contribution is -0.384. The van der Waals surface area contributed by atoms with Crippen molar-refractivity contribution in [3.05, 3.63) is 40.1 Å². The number of benzene rings is 1. The number of aromatic nitrogens is 1. The van der Waals surface area contributed by atoms with Crippen molar-refractivity contribution < 1.29 is 14.5 Å². The smallest absolute Gasteiger partial charge is 0.341 e. The second kappa shape index (κ2) is 6.79. The molecule has 0 spiro atoms. The minimum atomic E-state index is -0.454. The third-order valence-corrected chi connectivity index (χ3v) is 3.96. The summed E-state index contributed by atoms with van der Waals surface area (Å²) in [6, 6.07) is 4.52. The molecule has 2 heterocycles. The van der Waals surface area contributed by atoms with Gasteiger partial charge in [-0.1, -0.05) is 0 Å². The number of carbonyl (C=O) groups excluding carboxylic acids is 1. The Morgan fingerprint density at radius 1 is 1.42 bits per heavy atom. The molecule has 0 radical (unpaired) electrons. The highest BCUT2D eigenvalue weighted by atomic mass is 16.6. The van der Waals surface area contributed by atoms with Crippen molar-refractivity contribution in [3.8, 4) is 0 Å². The van der Waals surface area contributed by atoms with Crippen LogP contribution in [-0.2, 0) is 4.74 Å². The molecule has 3 rings (SSSR count). The molecule has 0 saturated carbocycles. The topological polar surface area (TPSA) is 97.6 Å². The van der Waals surface area contributed by atoms with Crippen molar-refractivity contribution in [2.75, 3.05) is 37.7 Å². The van der Waals surface area contributed by atoms with Crippen molar-refractivity contribution in [3.63, 3.8) is 0 Å². The monoisotopic (exact) mass is 330 g/mol. The van der Waals surface area contributed by atoms with Crippen LogP contribution in [0.5, 0.6) is 0 Å². The Morgan fingerprint density at radius 3 is 2.83 bits per heavy atom. The molecule has 0 aliphatic carbocycles. The van der Waals surface area contributed by atoms with Crippen LogP contribution in [0.3, 0.4) is 0 Å². The van der Waals surface area contributed by atoms with Crippen LogP contribution in [0.4, 0.5) is 11.4 Å². The van der Waals surface area contributed by atoms with E-state index in [2.05, 4.69) is 15.2 Å². The fourth-order valence-electron chi connectivity index (χ4n) is 2.87. The number of pyridine rings is 1. The summed E-state index contributed by atoms with van der Waals surface area (Å²) in [6.45, 7) is 5.11. The Kier molecular flexibility index (Phi) is 4.57. The van der Waals surface area contributed by atoms with E-state index in [1.165, 1.54) is 18.3 Å². The van der Waals surface area contributed by atoms with Gasteiger partial charge in [-0.15, -0.1) is 0 Å². The number of non-ortho nitro benzene ring substituents is 1. The Bertz CT molecular complexity index is 787. The molecule has 2 aromatic rings. The zero-order valence-corrected chi connectivity index (χ0v) is 13.3. The summed E-state index contributed by atoms with van der Waals surface area (Å²) in [6.07, 6.45) is 1.45. The van der Waals surface area contributed by atoms with Gasteiger partial charge in [-0.3, -0.25) is 15.1 Å². The Hall–Kier alpha value is -2.74. The number of nitro groups is 1. The molecular weight excluding hydrogens is 312 g/mol. The third kappa shape index (κ3) is 3.00. The Balaban J connectivity index is 2.17. The van der Waals surface area contributed by atoms with Crippen LogP contribution in [0.1, 0.15) is 17.3 Å². The first-order chi connectivity index (χ1) is 11.6. The summed E-state index contributed by atoms with van der Waals surface area (Å²) in [5, 5.41) is 15.0. The number of esters is 1. The SMILES string of the molecule is CCOC(=O)c1cnc2cc([N+](=O)[O-])ccc2c1N1CCNCC1. The molecule has 1 N–H and O–H groups in total. The van der Waals surface area contributed by atoms with E-state index in [0.717, 1.165) is 31.9 Å². The molecule has 8 nitrogen and oxygen atoms in total. The minimum absolute atomic E-state index is 0.0230. The van der Waals surface area contributed by atoms with Gasteiger partial charge in [0.1, 0.15) is 5.56 Å². The van der Waals surface area contributed by atoms with Gasteiger partial charge >= 0.3 is 5.97 Å². The number of rotatable bonds is 4. The molecule has 0 unspecified atom stereocenters. The van der Waals surface area contributed by atoms with Crippen molar-refractivity contribution in [2.24, 2.45) is 0 Å². The molecule has 24 heavy (non-hydrogen) atoms. The van der Waals surface area contributed by atoms with Crippen LogP contribution in [0, 0.1) is 10.1 Å². The summed E-state index contributed by atoms with van der Waals surface area (Å²) in [4.78, 5) is 29.2. The fraction of sp³-hybridized carbons (Fsp3) is 0.375. The van der Waals surface area contributed by atoms with E-state index >= 15 is 0 Å². The third-order valence-electron chi connectivity index (χ3n) is 3.96. The number of hydrogen-bond acceptors (Lipinski definition) is 7. The van der Waals surface area contributed by atoms with Gasteiger partial charge in [0.25, 0.3) is 5.69 Å². The van der Waals surface area contributed by atoms with Crippen molar-refractivity contribution in [1.82, 2.24) is 10.3 Å². The van der Waals surface area contributed by atoms with Crippen molar-refractivity contribution in [2.45, 2.75) is 6.92 Å². The van der Waals surface area contributed by atoms with Gasteiger partial charge < -0.3 is 15.0 Å². The van der Waals surface area contributed by atoms with Crippen LogP contribution >= 0.6 is 0 Å². The average molecular weight is 330 g/mol.